The fourth-order valence-corrected chi connectivity index (χ4v) is 2.53. The van der Waals surface area contributed by atoms with E-state index in [9.17, 15) is 9.18 Å². The van der Waals surface area contributed by atoms with Gasteiger partial charge in [-0.15, -0.1) is 0 Å². The SMILES string of the molecule is O=C(Nc1cc(-c2ccsc2)no1)c1ccc(F)c(Cl)c1. The molecule has 0 aliphatic carbocycles. The molecule has 0 saturated carbocycles. The molecule has 0 spiro atoms. The Labute approximate surface area is 128 Å². The minimum absolute atomic E-state index is 0.112. The summed E-state index contributed by atoms with van der Waals surface area (Å²) in [6.07, 6.45) is 0. The Hall–Kier alpha value is -2.18. The molecule has 0 aliphatic heterocycles. The van der Waals surface area contributed by atoms with Crippen molar-refractivity contribution in [2.24, 2.45) is 0 Å². The van der Waals surface area contributed by atoms with E-state index in [2.05, 4.69) is 10.5 Å². The van der Waals surface area contributed by atoms with Gasteiger partial charge in [0.05, 0.1) is 5.02 Å². The third-order valence-electron chi connectivity index (χ3n) is 2.75. The highest BCUT2D eigenvalue weighted by Gasteiger charge is 2.13. The maximum atomic E-state index is 13.1. The molecule has 1 aromatic carbocycles. The van der Waals surface area contributed by atoms with Gasteiger partial charge in [0.15, 0.2) is 0 Å². The quantitative estimate of drug-likeness (QED) is 0.775. The number of anilines is 1. The summed E-state index contributed by atoms with van der Waals surface area (Å²) in [5, 5.41) is 10.1. The molecule has 0 saturated heterocycles. The van der Waals surface area contributed by atoms with Crippen molar-refractivity contribution in [3.05, 3.63) is 57.5 Å². The third-order valence-corrected chi connectivity index (χ3v) is 3.72. The zero-order valence-electron chi connectivity index (χ0n) is 10.5. The topological polar surface area (TPSA) is 55.1 Å². The highest BCUT2D eigenvalue weighted by atomic mass is 35.5. The van der Waals surface area contributed by atoms with Gasteiger partial charge in [-0.1, -0.05) is 16.8 Å². The number of halogens is 2. The van der Waals surface area contributed by atoms with Crippen molar-refractivity contribution >= 4 is 34.7 Å². The smallest absolute Gasteiger partial charge is 0.258 e. The van der Waals surface area contributed by atoms with Crippen molar-refractivity contribution in [1.82, 2.24) is 5.16 Å². The summed E-state index contributed by atoms with van der Waals surface area (Å²) < 4.78 is 18.1. The van der Waals surface area contributed by atoms with Gasteiger partial charge >= 0.3 is 0 Å². The predicted octanol–water partition coefficient (Wildman–Crippen LogP) is 4.45. The molecule has 3 aromatic rings. The van der Waals surface area contributed by atoms with E-state index in [-0.39, 0.29) is 16.5 Å². The monoisotopic (exact) mass is 322 g/mol. The van der Waals surface area contributed by atoms with Crippen molar-refractivity contribution in [3.63, 3.8) is 0 Å². The van der Waals surface area contributed by atoms with Crippen LogP contribution in [0.25, 0.3) is 11.3 Å². The van der Waals surface area contributed by atoms with Gasteiger partial charge in [0.25, 0.3) is 5.91 Å². The summed E-state index contributed by atoms with van der Waals surface area (Å²) in [4.78, 5) is 12.0. The van der Waals surface area contributed by atoms with Crippen LogP contribution in [-0.2, 0) is 0 Å². The molecular formula is C14H8ClFN2O2S. The minimum Gasteiger partial charge on any atom is -0.338 e. The van der Waals surface area contributed by atoms with E-state index in [1.54, 1.807) is 6.07 Å². The molecule has 0 aliphatic rings. The Morgan fingerprint density at radius 3 is 2.90 bits per heavy atom. The molecule has 3 rings (SSSR count). The van der Waals surface area contributed by atoms with Crippen LogP contribution in [-0.4, -0.2) is 11.1 Å². The molecule has 1 N–H and O–H groups in total. The van der Waals surface area contributed by atoms with Crippen LogP contribution in [0.4, 0.5) is 10.3 Å². The molecular weight excluding hydrogens is 315 g/mol. The highest BCUT2D eigenvalue weighted by molar-refractivity contribution is 7.08. The third kappa shape index (κ3) is 2.96. The molecule has 7 heteroatoms. The molecule has 0 unspecified atom stereocenters. The van der Waals surface area contributed by atoms with Crippen molar-refractivity contribution in [3.8, 4) is 11.3 Å². The molecule has 4 nitrogen and oxygen atoms in total. The Kier molecular flexibility index (Phi) is 3.72. The number of carbonyl (C=O) groups is 1. The van der Waals surface area contributed by atoms with Crippen LogP contribution in [0, 0.1) is 5.82 Å². The first-order valence-corrected chi connectivity index (χ1v) is 7.21. The lowest BCUT2D eigenvalue weighted by Crippen LogP contribution is -2.11. The van der Waals surface area contributed by atoms with Gasteiger partial charge in [-0.2, -0.15) is 11.3 Å². The van der Waals surface area contributed by atoms with Crippen LogP contribution >= 0.6 is 22.9 Å². The van der Waals surface area contributed by atoms with Crippen LogP contribution in [0.15, 0.2) is 45.6 Å². The second-order valence-corrected chi connectivity index (χ2v) is 5.36. The summed E-state index contributed by atoms with van der Waals surface area (Å²) in [6.45, 7) is 0. The first kappa shape index (κ1) is 13.8. The van der Waals surface area contributed by atoms with Gasteiger partial charge in [-0.3, -0.25) is 10.1 Å². The summed E-state index contributed by atoms with van der Waals surface area (Å²) in [5.41, 5.74) is 1.77. The average Bonchev–Trinajstić information content (AvgIpc) is 3.12. The van der Waals surface area contributed by atoms with E-state index in [0.717, 1.165) is 11.6 Å². The molecule has 0 radical (unpaired) electrons. The van der Waals surface area contributed by atoms with Crippen molar-refractivity contribution < 1.29 is 13.7 Å². The van der Waals surface area contributed by atoms with Gasteiger partial charge in [0.2, 0.25) is 5.88 Å². The van der Waals surface area contributed by atoms with Crippen LogP contribution in [0.3, 0.4) is 0 Å². The molecule has 1 amide bonds. The lowest BCUT2D eigenvalue weighted by atomic mass is 10.2. The summed E-state index contributed by atoms with van der Waals surface area (Å²) >= 11 is 7.18. The molecule has 0 fully saturated rings. The zero-order valence-corrected chi connectivity index (χ0v) is 12.0. The maximum Gasteiger partial charge on any atom is 0.258 e. The van der Waals surface area contributed by atoms with Crippen LogP contribution < -0.4 is 5.32 Å². The maximum absolute atomic E-state index is 13.1. The van der Waals surface area contributed by atoms with E-state index in [0.29, 0.717) is 5.69 Å². The van der Waals surface area contributed by atoms with E-state index in [1.807, 2.05) is 16.8 Å². The second-order valence-electron chi connectivity index (χ2n) is 4.17. The Balaban J connectivity index is 1.77. The molecule has 0 atom stereocenters. The zero-order chi connectivity index (χ0) is 14.8. The molecule has 106 valence electrons. The largest absolute Gasteiger partial charge is 0.338 e. The lowest BCUT2D eigenvalue weighted by molar-refractivity contribution is 0.102. The number of nitrogens with zero attached hydrogens (tertiary/aromatic N) is 1. The number of amides is 1. The van der Waals surface area contributed by atoms with E-state index < -0.39 is 11.7 Å². The van der Waals surface area contributed by atoms with Crippen molar-refractivity contribution in [2.75, 3.05) is 5.32 Å². The van der Waals surface area contributed by atoms with Gasteiger partial charge < -0.3 is 4.52 Å². The average molecular weight is 323 g/mol. The Morgan fingerprint density at radius 1 is 1.33 bits per heavy atom. The second kappa shape index (κ2) is 5.67. The van der Waals surface area contributed by atoms with Crippen LogP contribution in [0.5, 0.6) is 0 Å². The normalized spacial score (nSPS) is 10.6. The summed E-state index contributed by atoms with van der Waals surface area (Å²) in [5.74, 6) is -0.820. The fourth-order valence-electron chi connectivity index (χ4n) is 1.70. The molecule has 2 aromatic heterocycles. The van der Waals surface area contributed by atoms with Gasteiger partial charge in [-0.25, -0.2) is 4.39 Å². The number of rotatable bonds is 3. The van der Waals surface area contributed by atoms with E-state index in [4.69, 9.17) is 16.1 Å². The van der Waals surface area contributed by atoms with E-state index >= 15 is 0 Å². The number of aromatic nitrogens is 1. The number of hydrogen-bond donors (Lipinski definition) is 1. The summed E-state index contributed by atoms with van der Waals surface area (Å²) in [7, 11) is 0. The first-order valence-electron chi connectivity index (χ1n) is 5.89. The first-order chi connectivity index (χ1) is 10.1. The van der Waals surface area contributed by atoms with Crippen LogP contribution in [0.2, 0.25) is 5.02 Å². The standard InChI is InChI=1S/C14H8ClFN2O2S/c15-10-5-8(1-2-11(10)16)14(19)17-13-6-12(18-20-13)9-3-4-21-7-9/h1-7H,(H,17,19). The Bertz CT molecular complexity index is 786. The number of nitrogens with one attached hydrogen (secondary N) is 1. The van der Waals surface area contributed by atoms with Gasteiger partial charge in [0.1, 0.15) is 11.5 Å². The number of carbonyl (C=O) groups excluding carboxylic acids is 1. The van der Waals surface area contributed by atoms with Gasteiger partial charge in [-0.05, 0) is 29.6 Å². The van der Waals surface area contributed by atoms with E-state index in [1.165, 1.54) is 23.5 Å². The number of benzene rings is 1. The highest BCUT2D eigenvalue weighted by Crippen LogP contribution is 2.24. The number of thiophene rings is 1. The summed E-state index contributed by atoms with van der Waals surface area (Å²) in [6, 6.07) is 7.24. The van der Waals surface area contributed by atoms with Gasteiger partial charge in [0, 0.05) is 22.6 Å². The fraction of sp³-hybridized carbons (Fsp3) is 0. The predicted molar refractivity (Wildman–Crippen MR) is 79.2 cm³/mol. The van der Waals surface area contributed by atoms with Crippen molar-refractivity contribution in [1.29, 1.82) is 0 Å². The minimum atomic E-state index is -0.576. The molecule has 21 heavy (non-hydrogen) atoms. The molecule has 0 bridgehead atoms. The number of hydrogen-bond acceptors (Lipinski definition) is 4. The molecule has 2 heterocycles. The Morgan fingerprint density at radius 2 is 2.19 bits per heavy atom. The van der Waals surface area contributed by atoms with Crippen molar-refractivity contribution in [2.45, 2.75) is 0 Å². The van der Waals surface area contributed by atoms with Crippen LogP contribution in [0.1, 0.15) is 10.4 Å². The lowest BCUT2D eigenvalue weighted by Gasteiger charge is -2.02.